The van der Waals surface area contributed by atoms with E-state index in [9.17, 15) is 10.5 Å². The Kier molecular flexibility index (Phi) is 4.72. The lowest BCUT2D eigenvalue weighted by Gasteiger charge is -2.32. The molecule has 0 aliphatic carbocycles. The molecule has 0 radical (unpaired) electrons. The maximum absolute atomic E-state index is 9.40. The highest BCUT2D eigenvalue weighted by atomic mass is 32.1. The summed E-state index contributed by atoms with van der Waals surface area (Å²) in [7, 11) is 0. The largest absolute Gasteiger partial charge is 0.305 e. The highest BCUT2D eigenvalue weighted by Gasteiger charge is 2.31. The molecule has 0 spiro atoms. The van der Waals surface area contributed by atoms with Crippen LogP contribution >= 0.6 is 11.3 Å². The van der Waals surface area contributed by atoms with Crippen LogP contribution in [0.3, 0.4) is 0 Å². The van der Waals surface area contributed by atoms with Gasteiger partial charge in [-0.3, -0.25) is 4.57 Å². The van der Waals surface area contributed by atoms with E-state index in [1.165, 1.54) is 10.8 Å². The van der Waals surface area contributed by atoms with Crippen LogP contribution in [-0.4, -0.2) is 4.57 Å². The van der Waals surface area contributed by atoms with E-state index in [1.807, 2.05) is 18.2 Å². The molecule has 37 heavy (non-hydrogen) atoms. The van der Waals surface area contributed by atoms with Gasteiger partial charge in [-0.2, -0.15) is 10.5 Å². The lowest BCUT2D eigenvalue weighted by atomic mass is 10.0. The normalized spacial score (nSPS) is 11.7. The molecule has 1 aliphatic heterocycles. The molecular weight excluding hydrogens is 472 g/mol. The molecule has 6 aromatic rings. The standard InChI is InChI=1S/C32H18N4S/c33-19-21(20-34)17-23-18-30-32(37-23)36-28-15-7-5-12-25(28)26-13-8-16-29(31(26)36)35(30)27-14-6-4-11-24(27)22-9-2-1-3-10-22/h1-18H. The number of anilines is 3. The van der Waals surface area contributed by atoms with Crippen molar-refractivity contribution in [2.75, 3.05) is 4.90 Å². The number of rotatable bonds is 3. The number of hydrogen-bond donors (Lipinski definition) is 0. The van der Waals surface area contributed by atoms with Crippen LogP contribution in [0.2, 0.25) is 0 Å². The summed E-state index contributed by atoms with van der Waals surface area (Å²) in [5.74, 6) is 0. The number of thiophene rings is 1. The van der Waals surface area contributed by atoms with Crippen molar-refractivity contribution < 1.29 is 0 Å². The fourth-order valence-corrected chi connectivity index (χ4v) is 6.43. The Balaban J connectivity index is 1.60. The Hall–Kier alpha value is -5.10. The first-order chi connectivity index (χ1) is 18.3. The number of aromatic nitrogens is 1. The quantitative estimate of drug-likeness (QED) is 0.233. The third kappa shape index (κ3) is 3.12. The number of benzene rings is 4. The molecule has 0 amide bonds. The van der Waals surface area contributed by atoms with E-state index in [1.54, 1.807) is 17.4 Å². The molecule has 7 rings (SSSR count). The Morgan fingerprint density at radius 2 is 1.41 bits per heavy atom. The molecular formula is C32H18N4S. The number of allylic oxidation sites excluding steroid dienone is 1. The fraction of sp³-hybridized carbons (Fsp3) is 0. The minimum atomic E-state index is 0.0925. The van der Waals surface area contributed by atoms with Gasteiger partial charge < -0.3 is 4.90 Å². The van der Waals surface area contributed by atoms with Crippen LogP contribution in [0.4, 0.5) is 17.1 Å². The van der Waals surface area contributed by atoms with E-state index in [0.717, 1.165) is 49.1 Å². The van der Waals surface area contributed by atoms with Crippen molar-refractivity contribution in [1.29, 1.82) is 10.5 Å². The van der Waals surface area contributed by atoms with Crippen LogP contribution in [0.5, 0.6) is 0 Å². The van der Waals surface area contributed by atoms with Crippen LogP contribution in [0.25, 0.3) is 44.0 Å². The van der Waals surface area contributed by atoms with Gasteiger partial charge in [0.15, 0.2) is 0 Å². The Morgan fingerprint density at radius 3 is 2.24 bits per heavy atom. The van der Waals surface area contributed by atoms with E-state index >= 15 is 0 Å². The van der Waals surface area contributed by atoms with Gasteiger partial charge in [0.2, 0.25) is 0 Å². The van der Waals surface area contributed by atoms with Crippen molar-refractivity contribution in [3.63, 3.8) is 0 Å². The molecule has 4 aromatic carbocycles. The van der Waals surface area contributed by atoms with Crippen LogP contribution in [0, 0.1) is 22.7 Å². The van der Waals surface area contributed by atoms with E-state index in [-0.39, 0.29) is 5.57 Å². The van der Waals surface area contributed by atoms with Crippen molar-refractivity contribution in [2.45, 2.75) is 0 Å². The number of nitriles is 2. The smallest absolute Gasteiger partial charge is 0.131 e. The Bertz CT molecular complexity index is 1950. The molecule has 1 aliphatic rings. The van der Waals surface area contributed by atoms with Crippen molar-refractivity contribution in [1.82, 2.24) is 4.57 Å². The van der Waals surface area contributed by atoms with Crippen LogP contribution in [0.1, 0.15) is 4.88 Å². The summed E-state index contributed by atoms with van der Waals surface area (Å²) in [5.41, 5.74) is 7.86. The fourth-order valence-electron chi connectivity index (χ4n) is 5.32. The lowest BCUT2D eigenvalue weighted by molar-refractivity contribution is 1.15. The van der Waals surface area contributed by atoms with Gasteiger partial charge in [0.05, 0.1) is 28.1 Å². The Labute approximate surface area is 217 Å². The second kappa shape index (κ2) is 8.24. The minimum absolute atomic E-state index is 0.0925. The number of hydrogen-bond acceptors (Lipinski definition) is 4. The van der Waals surface area contributed by atoms with Crippen molar-refractivity contribution in [2.24, 2.45) is 0 Å². The zero-order valence-corrected chi connectivity index (χ0v) is 20.4. The average molecular weight is 491 g/mol. The molecule has 5 heteroatoms. The maximum Gasteiger partial charge on any atom is 0.131 e. The first kappa shape index (κ1) is 21.2. The monoisotopic (exact) mass is 490 g/mol. The predicted molar refractivity (Wildman–Crippen MR) is 152 cm³/mol. The second-order valence-corrected chi connectivity index (χ2v) is 9.93. The molecule has 0 N–H and O–H groups in total. The SMILES string of the molecule is N#CC(C#N)=Cc1cc2c(s1)-n1c3ccccc3c3cccc(c31)N2c1ccccc1-c1ccccc1. The highest BCUT2D eigenvalue weighted by Crippen LogP contribution is 2.53. The first-order valence-electron chi connectivity index (χ1n) is 11.9. The van der Waals surface area contributed by atoms with Crippen molar-refractivity contribution in [3.8, 4) is 28.3 Å². The predicted octanol–water partition coefficient (Wildman–Crippen LogP) is 8.73. The van der Waals surface area contributed by atoms with Gasteiger partial charge in [0, 0.05) is 21.2 Å². The molecule has 172 valence electrons. The van der Waals surface area contributed by atoms with Gasteiger partial charge in [-0.15, -0.1) is 11.3 Å². The average Bonchev–Trinajstić information content (AvgIpc) is 3.52. The topological polar surface area (TPSA) is 55.8 Å². The zero-order valence-electron chi connectivity index (χ0n) is 19.6. The van der Waals surface area contributed by atoms with Gasteiger partial charge in [-0.25, -0.2) is 0 Å². The lowest BCUT2D eigenvalue weighted by Crippen LogP contribution is -2.17. The van der Waals surface area contributed by atoms with Crippen LogP contribution in [0.15, 0.2) is 109 Å². The molecule has 0 fully saturated rings. The van der Waals surface area contributed by atoms with Gasteiger partial charge in [-0.05, 0) is 35.9 Å². The van der Waals surface area contributed by atoms with Crippen molar-refractivity contribution >= 4 is 56.3 Å². The molecule has 0 saturated heterocycles. The number of para-hydroxylation sites is 3. The third-order valence-electron chi connectivity index (χ3n) is 6.83. The molecule has 0 unspecified atom stereocenters. The third-order valence-corrected chi connectivity index (χ3v) is 7.88. The summed E-state index contributed by atoms with van der Waals surface area (Å²) >= 11 is 1.59. The van der Waals surface area contributed by atoms with Gasteiger partial charge in [0.25, 0.3) is 0 Å². The summed E-state index contributed by atoms with van der Waals surface area (Å²) in [5, 5.41) is 22.3. The molecule has 2 aromatic heterocycles. The van der Waals surface area contributed by atoms with E-state index in [2.05, 4.69) is 107 Å². The number of nitrogens with zero attached hydrogens (tertiary/aromatic N) is 4. The van der Waals surface area contributed by atoms with Gasteiger partial charge in [-0.1, -0.05) is 78.9 Å². The van der Waals surface area contributed by atoms with Gasteiger partial charge in [0.1, 0.15) is 22.7 Å². The molecule has 0 saturated carbocycles. The van der Waals surface area contributed by atoms with E-state index in [0.29, 0.717) is 0 Å². The second-order valence-electron chi connectivity index (χ2n) is 8.87. The minimum Gasteiger partial charge on any atom is -0.305 e. The maximum atomic E-state index is 9.40. The van der Waals surface area contributed by atoms with Gasteiger partial charge >= 0.3 is 0 Å². The van der Waals surface area contributed by atoms with E-state index < -0.39 is 0 Å². The molecule has 0 atom stereocenters. The first-order valence-corrected chi connectivity index (χ1v) is 12.7. The molecule has 0 bridgehead atoms. The summed E-state index contributed by atoms with van der Waals surface area (Å²) in [6.07, 6.45) is 1.68. The highest BCUT2D eigenvalue weighted by molar-refractivity contribution is 7.16. The van der Waals surface area contributed by atoms with Crippen LogP contribution in [-0.2, 0) is 0 Å². The van der Waals surface area contributed by atoms with Crippen molar-refractivity contribution in [3.05, 3.63) is 114 Å². The number of fused-ring (bicyclic) bond motifs is 5. The zero-order chi connectivity index (χ0) is 24.9. The summed E-state index contributed by atoms with van der Waals surface area (Å²) < 4.78 is 2.33. The Morgan fingerprint density at radius 1 is 0.703 bits per heavy atom. The summed E-state index contributed by atoms with van der Waals surface area (Å²) in [4.78, 5) is 3.19. The molecule has 3 heterocycles. The van der Waals surface area contributed by atoms with E-state index in [4.69, 9.17) is 0 Å². The molecule has 4 nitrogen and oxygen atoms in total. The summed E-state index contributed by atoms with van der Waals surface area (Å²) in [6.45, 7) is 0. The van der Waals surface area contributed by atoms with Crippen LogP contribution < -0.4 is 4.90 Å². The summed E-state index contributed by atoms with van der Waals surface area (Å²) in [6, 6.07) is 39.9.